The Labute approximate surface area is 157 Å². The number of hydrogen-bond donors (Lipinski definition) is 2. The molecule has 1 aromatic carbocycles. The summed E-state index contributed by atoms with van der Waals surface area (Å²) in [6.07, 6.45) is 4.15. The molecule has 4 nitrogen and oxygen atoms in total. The van der Waals surface area contributed by atoms with E-state index in [4.69, 9.17) is 0 Å². The largest absolute Gasteiger partial charge is 0.352 e. The molecule has 3 rings (SSSR count). The second kappa shape index (κ2) is 9.37. The van der Waals surface area contributed by atoms with Crippen LogP contribution in [0.3, 0.4) is 0 Å². The highest BCUT2D eigenvalue weighted by Gasteiger charge is 2.23. The van der Waals surface area contributed by atoms with Gasteiger partial charge in [0.15, 0.2) is 0 Å². The molecule has 2 aromatic rings. The lowest BCUT2D eigenvalue weighted by molar-refractivity contribution is 0.0950. The van der Waals surface area contributed by atoms with E-state index in [0.29, 0.717) is 11.5 Å². The number of benzene rings is 1. The van der Waals surface area contributed by atoms with E-state index in [1.807, 2.05) is 32.0 Å². The Kier molecular flexibility index (Phi) is 7.19. The van der Waals surface area contributed by atoms with Crippen LogP contribution in [0.2, 0.25) is 0 Å². The van der Waals surface area contributed by atoms with E-state index in [1.165, 1.54) is 18.4 Å². The van der Waals surface area contributed by atoms with Crippen molar-refractivity contribution in [2.24, 2.45) is 5.92 Å². The molecule has 0 atom stereocenters. The molecule has 1 aliphatic rings. The fourth-order valence-corrected chi connectivity index (χ4v) is 2.73. The first-order chi connectivity index (χ1) is 12.5. The molecule has 0 saturated heterocycles. The molecule has 1 aromatic heterocycles. The summed E-state index contributed by atoms with van der Waals surface area (Å²) in [6, 6.07) is 10.2. The van der Waals surface area contributed by atoms with Crippen LogP contribution < -0.4 is 10.6 Å². The second-order valence-corrected chi connectivity index (χ2v) is 6.96. The highest BCUT2D eigenvalue weighted by atomic mass is 16.1. The number of pyridine rings is 1. The van der Waals surface area contributed by atoms with Gasteiger partial charge in [-0.25, -0.2) is 4.98 Å². The van der Waals surface area contributed by atoms with Crippen LogP contribution in [0.25, 0.3) is 0 Å². The van der Waals surface area contributed by atoms with Gasteiger partial charge in [0.25, 0.3) is 5.91 Å². The molecule has 0 aliphatic heterocycles. The molecular weight excluding hydrogens is 322 g/mol. The van der Waals surface area contributed by atoms with Gasteiger partial charge >= 0.3 is 0 Å². The Morgan fingerprint density at radius 3 is 2.58 bits per heavy atom. The van der Waals surface area contributed by atoms with Crippen molar-refractivity contribution in [3.05, 3.63) is 53.2 Å². The summed E-state index contributed by atoms with van der Waals surface area (Å²) in [5, 5.41) is 6.36. The van der Waals surface area contributed by atoms with Gasteiger partial charge in [0.2, 0.25) is 0 Å². The number of nitrogens with one attached hydrogen (secondary N) is 2. The van der Waals surface area contributed by atoms with Crippen LogP contribution in [0, 0.1) is 12.8 Å². The van der Waals surface area contributed by atoms with Crippen molar-refractivity contribution < 1.29 is 4.79 Å². The fraction of sp³-hybridized carbons (Fsp3) is 0.455. The van der Waals surface area contributed by atoms with Crippen molar-refractivity contribution >= 4 is 17.4 Å². The minimum absolute atomic E-state index is 0.0137. The first-order valence-electron chi connectivity index (χ1n) is 9.64. The standard InChI is InChI=1S/C20H25N3O.C2H6/c1-13(2)17-10-19(23-16-6-4-5-14(3)9-16)21-12-18(17)20(24)22-11-15-7-8-15;1-2/h4-6,9-10,12-13,15H,7-8,11H2,1-3H3,(H,21,23)(H,22,24);1-2H3. The van der Waals surface area contributed by atoms with E-state index >= 15 is 0 Å². The van der Waals surface area contributed by atoms with Crippen LogP contribution in [-0.2, 0) is 0 Å². The second-order valence-electron chi connectivity index (χ2n) is 6.96. The summed E-state index contributed by atoms with van der Waals surface area (Å²) in [5.74, 6) is 1.68. The van der Waals surface area contributed by atoms with Crippen molar-refractivity contribution in [2.75, 3.05) is 11.9 Å². The van der Waals surface area contributed by atoms with Crippen LogP contribution in [0.4, 0.5) is 11.5 Å². The van der Waals surface area contributed by atoms with Gasteiger partial charge in [-0.2, -0.15) is 0 Å². The molecule has 0 bridgehead atoms. The molecule has 1 fully saturated rings. The molecular formula is C22H31N3O. The molecule has 2 N–H and O–H groups in total. The van der Waals surface area contributed by atoms with E-state index < -0.39 is 0 Å². The number of hydrogen-bond acceptors (Lipinski definition) is 3. The van der Waals surface area contributed by atoms with Gasteiger partial charge in [0.05, 0.1) is 5.56 Å². The smallest absolute Gasteiger partial charge is 0.253 e. The third-order valence-electron chi connectivity index (χ3n) is 4.34. The lowest BCUT2D eigenvalue weighted by Crippen LogP contribution is -2.27. The van der Waals surface area contributed by atoms with Crippen molar-refractivity contribution in [2.45, 2.75) is 53.4 Å². The maximum Gasteiger partial charge on any atom is 0.253 e. The first-order valence-corrected chi connectivity index (χ1v) is 9.64. The zero-order valence-corrected chi connectivity index (χ0v) is 16.6. The lowest BCUT2D eigenvalue weighted by Gasteiger charge is -2.15. The summed E-state index contributed by atoms with van der Waals surface area (Å²) < 4.78 is 0. The Hall–Kier alpha value is -2.36. The Bertz CT molecular complexity index is 736. The summed E-state index contributed by atoms with van der Waals surface area (Å²) in [6.45, 7) is 11.0. The van der Waals surface area contributed by atoms with E-state index in [1.54, 1.807) is 6.20 Å². The average Bonchev–Trinajstić information content (AvgIpc) is 3.46. The maximum absolute atomic E-state index is 12.4. The molecule has 0 spiro atoms. The predicted octanol–water partition coefficient (Wildman–Crippen LogP) is 5.42. The third-order valence-corrected chi connectivity index (χ3v) is 4.34. The molecule has 1 heterocycles. The quantitative estimate of drug-likeness (QED) is 0.729. The summed E-state index contributed by atoms with van der Waals surface area (Å²) in [4.78, 5) is 16.9. The van der Waals surface area contributed by atoms with Crippen LogP contribution >= 0.6 is 0 Å². The number of amides is 1. The number of aromatic nitrogens is 1. The number of aryl methyl sites for hydroxylation is 1. The van der Waals surface area contributed by atoms with Gasteiger partial charge in [-0.05, 0) is 60.9 Å². The topological polar surface area (TPSA) is 54.0 Å². The monoisotopic (exact) mass is 353 g/mol. The molecule has 4 heteroatoms. The first kappa shape index (κ1) is 20.0. The van der Waals surface area contributed by atoms with Gasteiger partial charge < -0.3 is 10.6 Å². The zero-order valence-electron chi connectivity index (χ0n) is 16.6. The highest BCUT2D eigenvalue weighted by Crippen LogP contribution is 2.28. The van der Waals surface area contributed by atoms with Gasteiger partial charge in [0.1, 0.15) is 5.82 Å². The SMILES string of the molecule is CC.Cc1cccc(Nc2cc(C(C)C)c(C(=O)NCC3CC3)cn2)c1. The maximum atomic E-state index is 12.4. The fourth-order valence-electron chi connectivity index (χ4n) is 2.73. The zero-order chi connectivity index (χ0) is 19.1. The number of rotatable bonds is 6. The molecule has 0 unspecified atom stereocenters. The Balaban J connectivity index is 0.00000117. The number of anilines is 2. The van der Waals surface area contributed by atoms with Crippen molar-refractivity contribution in [3.8, 4) is 0 Å². The minimum Gasteiger partial charge on any atom is -0.352 e. The summed E-state index contributed by atoms with van der Waals surface area (Å²) in [7, 11) is 0. The molecule has 0 radical (unpaired) electrons. The Morgan fingerprint density at radius 1 is 1.23 bits per heavy atom. The van der Waals surface area contributed by atoms with E-state index in [2.05, 4.69) is 48.5 Å². The van der Waals surface area contributed by atoms with Gasteiger partial charge in [-0.3, -0.25) is 4.79 Å². The van der Waals surface area contributed by atoms with Gasteiger partial charge in [0, 0.05) is 18.4 Å². The van der Waals surface area contributed by atoms with Crippen molar-refractivity contribution in [1.29, 1.82) is 0 Å². The molecule has 140 valence electrons. The van der Waals surface area contributed by atoms with Crippen LogP contribution in [0.1, 0.15) is 67.9 Å². The van der Waals surface area contributed by atoms with E-state index in [0.717, 1.165) is 23.6 Å². The highest BCUT2D eigenvalue weighted by molar-refractivity contribution is 5.96. The lowest BCUT2D eigenvalue weighted by atomic mass is 9.98. The minimum atomic E-state index is -0.0137. The van der Waals surface area contributed by atoms with Gasteiger partial charge in [-0.1, -0.05) is 39.8 Å². The molecule has 26 heavy (non-hydrogen) atoms. The van der Waals surface area contributed by atoms with Crippen LogP contribution in [0.5, 0.6) is 0 Å². The molecule has 1 amide bonds. The molecule has 1 aliphatic carbocycles. The molecule has 1 saturated carbocycles. The average molecular weight is 354 g/mol. The Morgan fingerprint density at radius 2 is 1.96 bits per heavy atom. The number of carbonyl (C=O) groups is 1. The third kappa shape index (κ3) is 5.58. The van der Waals surface area contributed by atoms with Crippen LogP contribution in [-0.4, -0.2) is 17.4 Å². The number of nitrogens with zero attached hydrogens (tertiary/aromatic N) is 1. The van der Waals surface area contributed by atoms with Crippen molar-refractivity contribution in [3.63, 3.8) is 0 Å². The normalized spacial score (nSPS) is 13.0. The van der Waals surface area contributed by atoms with Crippen molar-refractivity contribution in [1.82, 2.24) is 10.3 Å². The predicted molar refractivity (Wildman–Crippen MR) is 109 cm³/mol. The van der Waals surface area contributed by atoms with E-state index in [-0.39, 0.29) is 11.8 Å². The summed E-state index contributed by atoms with van der Waals surface area (Å²) >= 11 is 0. The van der Waals surface area contributed by atoms with E-state index in [9.17, 15) is 4.79 Å². The van der Waals surface area contributed by atoms with Gasteiger partial charge in [-0.15, -0.1) is 0 Å². The number of carbonyl (C=O) groups excluding carboxylic acids is 1. The van der Waals surface area contributed by atoms with Crippen LogP contribution in [0.15, 0.2) is 36.5 Å². The summed E-state index contributed by atoms with van der Waals surface area (Å²) in [5.41, 5.74) is 3.90.